The molecule has 2 aliphatic carbocycles. The number of aryl methyl sites for hydroxylation is 2. The number of likely N-dealkylation sites (N-methyl/N-ethyl adjacent to an activating group) is 1. The molecule has 0 amide bonds. The van der Waals surface area contributed by atoms with Crippen LogP contribution in [0, 0.1) is 24.7 Å². The van der Waals surface area contributed by atoms with Crippen LogP contribution in [0.25, 0.3) is 0 Å². The maximum atomic E-state index is 6.43. The first-order chi connectivity index (χ1) is 9.60. The molecule has 0 spiro atoms. The third kappa shape index (κ3) is 2.50. The largest absolute Gasteiger partial charge is 0.314 e. The van der Waals surface area contributed by atoms with Crippen molar-refractivity contribution in [2.75, 3.05) is 6.54 Å². The molecule has 4 unspecified atom stereocenters. The lowest BCUT2D eigenvalue weighted by Gasteiger charge is -2.31. The highest BCUT2D eigenvalue weighted by molar-refractivity contribution is 6.31. The molecule has 1 aromatic heterocycles. The molecule has 1 aromatic rings. The fraction of sp³-hybridized carbons (Fsp3) is 0.812. The molecule has 1 N–H and O–H groups in total. The van der Waals surface area contributed by atoms with Crippen LogP contribution in [0.15, 0.2) is 0 Å². The molecule has 3 nitrogen and oxygen atoms in total. The molecule has 2 bridgehead atoms. The number of hydrogen-bond donors (Lipinski definition) is 1. The maximum Gasteiger partial charge on any atom is 0.0847 e. The maximum absolute atomic E-state index is 6.43. The van der Waals surface area contributed by atoms with E-state index in [9.17, 15) is 0 Å². The van der Waals surface area contributed by atoms with E-state index in [0.717, 1.165) is 41.4 Å². The highest BCUT2D eigenvalue weighted by atomic mass is 35.5. The van der Waals surface area contributed by atoms with Crippen molar-refractivity contribution in [3.05, 3.63) is 16.4 Å². The average molecular weight is 296 g/mol. The molecule has 2 saturated carbocycles. The van der Waals surface area contributed by atoms with Crippen LogP contribution in [0.1, 0.15) is 44.0 Å². The lowest BCUT2D eigenvalue weighted by Crippen LogP contribution is -2.40. The Hall–Kier alpha value is -0.540. The van der Waals surface area contributed by atoms with Gasteiger partial charge in [-0.25, -0.2) is 0 Å². The van der Waals surface area contributed by atoms with Crippen molar-refractivity contribution in [2.24, 2.45) is 24.8 Å². The Kier molecular flexibility index (Phi) is 4.09. The minimum atomic E-state index is 0.558. The van der Waals surface area contributed by atoms with E-state index < -0.39 is 0 Å². The number of hydrogen-bond acceptors (Lipinski definition) is 2. The SMILES string of the molecule is CCNC(Cc1c(Cl)c(C)nn1C)C1CC2CCC1C2. The Morgan fingerprint density at radius 1 is 1.40 bits per heavy atom. The highest BCUT2D eigenvalue weighted by Gasteiger charge is 2.43. The van der Waals surface area contributed by atoms with Crippen LogP contribution in [0.3, 0.4) is 0 Å². The van der Waals surface area contributed by atoms with Gasteiger partial charge in [0.2, 0.25) is 0 Å². The monoisotopic (exact) mass is 295 g/mol. The minimum absolute atomic E-state index is 0.558. The number of fused-ring (bicyclic) bond motifs is 2. The molecule has 0 saturated heterocycles. The van der Waals surface area contributed by atoms with Gasteiger partial charge in [-0.2, -0.15) is 5.10 Å². The zero-order valence-electron chi connectivity index (χ0n) is 12.8. The fourth-order valence-electron chi connectivity index (χ4n) is 4.53. The first kappa shape index (κ1) is 14.4. The Balaban J connectivity index is 1.77. The zero-order valence-corrected chi connectivity index (χ0v) is 13.6. The normalized spacial score (nSPS) is 30.1. The van der Waals surface area contributed by atoms with Crippen molar-refractivity contribution in [1.29, 1.82) is 0 Å². The van der Waals surface area contributed by atoms with Gasteiger partial charge in [0.1, 0.15) is 0 Å². The van der Waals surface area contributed by atoms with Crippen molar-refractivity contribution in [3.63, 3.8) is 0 Å². The average Bonchev–Trinajstić information content (AvgIpc) is 3.09. The quantitative estimate of drug-likeness (QED) is 0.903. The van der Waals surface area contributed by atoms with Gasteiger partial charge in [-0.1, -0.05) is 24.9 Å². The number of nitrogens with one attached hydrogen (secondary N) is 1. The number of nitrogens with zero attached hydrogens (tertiary/aromatic N) is 2. The molecule has 3 rings (SSSR count). The molecule has 112 valence electrons. The summed E-state index contributed by atoms with van der Waals surface area (Å²) < 4.78 is 1.97. The topological polar surface area (TPSA) is 29.9 Å². The van der Waals surface area contributed by atoms with Crippen LogP contribution in [0.2, 0.25) is 5.02 Å². The van der Waals surface area contributed by atoms with Gasteiger partial charge < -0.3 is 5.32 Å². The lowest BCUT2D eigenvalue weighted by atomic mass is 9.81. The Labute approximate surface area is 127 Å². The second kappa shape index (κ2) is 5.69. The number of aromatic nitrogens is 2. The molecule has 0 aliphatic heterocycles. The summed E-state index contributed by atoms with van der Waals surface area (Å²) in [6.45, 7) is 5.23. The summed E-state index contributed by atoms with van der Waals surface area (Å²) in [5.41, 5.74) is 2.14. The third-order valence-corrected chi connectivity index (χ3v) is 5.94. The zero-order chi connectivity index (χ0) is 14.3. The van der Waals surface area contributed by atoms with E-state index in [-0.39, 0.29) is 0 Å². The van der Waals surface area contributed by atoms with Crippen molar-refractivity contribution in [1.82, 2.24) is 15.1 Å². The van der Waals surface area contributed by atoms with Crippen LogP contribution in [-0.4, -0.2) is 22.4 Å². The van der Waals surface area contributed by atoms with Gasteiger partial charge >= 0.3 is 0 Å². The summed E-state index contributed by atoms with van der Waals surface area (Å²) >= 11 is 6.43. The highest BCUT2D eigenvalue weighted by Crippen LogP contribution is 2.50. The Morgan fingerprint density at radius 2 is 2.20 bits per heavy atom. The molecular formula is C16H26ClN3. The molecule has 4 atom stereocenters. The second-order valence-electron chi connectivity index (χ2n) is 6.68. The van der Waals surface area contributed by atoms with Gasteiger partial charge in [0.05, 0.1) is 16.4 Å². The minimum Gasteiger partial charge on any atom is -0.314 e. The predicted molar refractivity (Wildman–Crippen MR) is 83.1 cm³/mol. The van der Waals surface area contributed by atoms with Gasteiger partial charge in [0.25, 0.3) is 0 Å². The van der Waals surface area contributed by atoms with Crippen LogP contribution >= 0.6 is 11.6 Å². The van der Waals surface area contributed by atoms with Crippen LogP contribution in [0.4, 0.5) is 0 Å². The molecule has 2 aliphatic rings. The summed E-state index contributed by atoms with van der Waals surface area (Å²) in [5.74, 6) is 2.77. The second-order valence-corrected chi connectivity index (χ2v) is 7.05. The van der Waals surface area contributed by atoms with E-state index in [1.165, 1.54) is 31.4 Å². The van der Waals surface area contributed by atoms with Gasteiger partial charge in [-0.3, -0.25) is 4.68 Å². The Bertz CT molecular complexity index is 482. The van der Waals surface area contributed by atoms with Gasteiger partial charge in [-0.05, 0) is 50.5 Å². The predicted octanol–water partition coefficient (Wildman–Crippen LogP) is 3.34. The molecule has 20 heavy (non-hydrogen) atoms. The Morgan fingerprint density at radius 3 is 2.70 bits per heavy atom. The molecule has 4 heteroatoms. The van der Waals surface area contributed by atoms with Gasteiger partial charge in [0.15, 0.2) is 0 Å². The summed E-state index contributed by atoms with van der Waals surface area (Å²) in [7, 11) is 2.01. The first-order valence-electron chi connectivity index (χ1n) is 8.01. The van der Waals surface area contributed by atoms with E-state index in [1.54, 1.807) is 0 Å². The fourth-order valence-corrected chi connectivity index (χ4v) is 4.77. The van der Waals surface area contributed by atoms with Crippen LogP contribution < -0.4 is 5.32 Å². The van der Waals surface area contributed by atoms with Gasteiger partial charge in [0, 0.05) is 19.5 Å². The van der Waals surface area contributed by atoms with Crippen molar-refractivity contribution < 1.29 is 0 Å². The van der Waals surface area contributed by atoms with Crippen molar-refractivity contribution >= 4 is 11.6 Å². The molecule has 0 radical (unpaired) electrons. The van der Waals surface area contributed by atoms with E-state index in [4.69, 9.17) is 11.6 Å². The smallest absolute Gasteiger partial charge is 0.0847 e. The number of rotatable bonds is 5. The van der Waals surface area contributed by atoms with E-state index in [2.05, 4.69) is 17.3 Å². The number of halogens is 1. The van der Waals surface area contributed by atoms with E-state index >= 15 is 0 Å². The van der Waals surface area contributed by atoms with Crippen LogP contribution in [0.5, 0.6) is 0 Å². The standard InChI is InChI=1S/C16H26ClN3/c1-4-18-14(13-8-11-5-6-12(13)7-11)9-15-16(17)10(2)19-20(15)3/h11-14,18H,4-9H2,1-3H3. The molecule has 0 aromatic carbocycles. The van der Waals surface area contributed by atoms with Crippen molar-refractivity contribution in [2.45, 2.75) is 52.0 Å². The summed E-state index contributed by atoms with van der Waals surface area (Å²) in [6.07, 6.45) is 6.79. The molecule has 2 fully saturated rings. The van der Waals surface area contributed by atoms with E-state index in [0.29, 0.717) is 6.04 Å². The summed E-state index contributed by atoms with van der Waals surface area (Å²) in [6, 6.07) is 0.558. The summed E-state index contributed by atoms with van der Waals surface area (Å²) in [5, 5.41) is 9.04. The molecule has 1 heterocycles. The summed E-state index contributed by atoms with van der Waals surface area (Å²) in [4.78, 5) is 0. The molecular weight excluding hydrogens is 270 g/mol. The van der Waals surface area contributed by atoms with Crippen LogP contribution in [-0.2, 0) is 13.5 Å². The van der Waals surface area contributed by atoms with E-state index in [1.807, 2.05) is 18.7 Å². The first-order valence-corrected chi connectivity index (χ1v) is 8.39. The third-order valence-electron chi connectivity index (χ3n) is 5.45. The van der Waals surface area contributed by atoms with Gasteiger partial charge in [-0.15, -0.1) is 0 Å². The lowest BCUT2D eigenvalue weighted by molar-refractivity contribution is 0.247. The van der Waals surface area contributed by atoms with Crippen molar-refractivity contribution in [3.8, 4) is 0 Å².